The fourth-order valence-electron chi connectivity index (χ4n) is 3.01. The Morgan fingerprint density at radius 2 is 1.43 bits per heavy atom. The van der Waals surface area contributed by atoms with Crippen LogP contribution in [-0.4, -0.2) is 24.9 Å². The molecule has 28 heavy (non-hydrogen) atoms. The predicted molar refractivity (Wildman–Crippen MR) is 105 cm³/mol. The van der Waals surface area contributed by atoms with Crippen molar-refractivity contribution in [3.8, 4) is 0 Å². The van der Waals surface area contributed by atoms with Crippen molar-refractivity contribution in [3.63, 3.8) is 0 Å². The largest absolute Gasteiger partial charge is 0.372 e. The summed E-state index contributed by atoms with van der Waals surface area (Å²) in [5, 5.41) is 4.87. The van der Waals surface area contributed by atoms with E-state index in [4.69, 9.17) is 0 Å². The topological polar surface area (TPSA) is 61.4 Å². The van der Waals surface area contributed by atoms with Crippen LogP contribution in [0.3, 0.4) is 0 Å². The quantitative estimate of drug-likeness (QED) is 0.757. The number of halogens is 2. The number of amides is 2. The van der Waals surface area contributed by atoms with Gasteiger partial charge in [0.1, 0.15) is 22.7 Å². The van der Waals surface area contributed by atoms with Crippen molar-refractivity contribution in [2.24, 2.45) is 5.41 Å². The average molecular weight is 387 g/mol. The number of rotatable bonds is 5. The van der Waals surface area contributed by atoms with Crippen molar-refractivity contribution < 1.29 is 18.4 Å². The summed E-state index contributed by atoms with van der Waals surface area (Å²) < 4.78 is 27.5. The molecule has 1 fully saturated rings. The first-order chi connectivity index (χ1) is 13.3. The normalized spacial score (nSPS) is 14.1. The molecule has 0 spiro atoms. The first kappa shape index (κ1) is 19.8. The van der Waals surface area contributed by atoms with Gasteiger partial charge in [0.25, 0.3) is 0 Å². The molecule has 148 valence electrons. The molecule has 0 radical (unpaired) electrons. The molecule has 0 bridgehead atoms. The molecule has 0 unspecified atom stereocenters. The number of nitrogens with zero attached hydrogens (tertiary/aromatic N) is 1. The zero-order valence-electron chi connectivity index (χ0n) is 15.9. The second-order valence-electron chi connectivity index (χ2n) is 7.37. The van der Waals surface area contributed by atoms with Gasteiger partial charge in [0.05, 0.1) is 0 Å². The molecule has 2 aromatic carbocycles. The van der Waals surface area contributed by atoms with E-state index >= 15 is 0 Å². The lowest BCUT2D eigenvalue weighted by molar-refractivity contribution is -0.135. The number of carbonyl (C=O) groups is 2. The molecule has 3 rings (SSSR count). The number of hydrogen-bond donors (Lipinski definition) is 2. The number of para-hydroxylation sites is 1. The van der Waals surface area contributed by atoms with E-state index < -0.39 is 34.6 Å². The van der Waals surface area contributed by atoms with Gasteiger partial charge in [-0.25, -0.2) is 8.78 Å². The third kappa shape index (κ3) is 4.13. The molecule has 1 aliphatic rings. The van der Waals surface area contributed by atoms with Crippen LogP contribution < -0.4 is 15.5 Å². The Morgan fingerprint density at radius 3 is 2.00 bits per heavy atom. The minimum absolute atomic E-state index is 0.547. The van der Waals surface area contributed by atoms with Gasteiger partial charge in [-0.2, -0.15) is 0 Å². The summed E-state index contributed by atoms with van der Waals surface area (Å²) in [6.07, 6.45) is 2.34. The third-order valence-electron chi connectivity index (χ3n) is 4.93. The highest BCUT2D eigenvalue weighted by Gasteiger charge is 2.37. The van der Waals surface area contributed by atoms with Crippen molar-refractivity contribution in [2.75, 3.05) is 28.6 Å². The van der Waals surface area contributed by atoms with Gasteiger partial charge in [-0.15, -0.1) is 0 Å². The minimum atomic E-state index is -1.54. The minimum Gasteiger partial charge on any atom is -0.372 e. The highest BCUT2D eigenvalue weighted by molar-refractivity contribution is 6.14. The zero-order valence-corrected chi connectivity index (χ0v) is 15.9. The van der Waals surface area contributed by atoms with Gasteiger partial charge in [-0.1, -0.05) is 6.07 Å². The van der Waals surface area contributed by atoms with E-state index in [9.17, 15) is 18.4 Å². The number of benzene rings is 2. The number of carbonyl (C=O) groups excluding carboxylic acids is 2. The fourth-order valence-corrected chi connectivity index (χ4v) is 3.01. The van der Waals surface area contributed by atoms with E-state index in [2.05, 4.69) is 15.5 Å². The van der Waals surface area contributed by atoms with Crippen LogP contribution in [0, 0.1) is 17.0 Å². The molecule has 1 heterocycles. The Morgan fingerprint density at radius 1 is 0.893 bits per heavy atom. The van der Waals surface area contributed by atoms with E-state index in [0.29, 0.717) is 5.69 Å². The van der Waals surface area contributed by atoms with E-state index in [-0.39, 0.29) is 0 Å². The molecule has 1 aliphatic heterocycles. The summed E-state index contributed by atoms with van der Waals surface area (Å²) in [5.41, 5.74) is -0.473. The van der Waals surface area contributed by atoms with Gasteiger partial charge in [0.15, 0.2) is 0 Å². The van der Waals surface area contributed by atoms with Crippen molar-refractivity contribution >= 4 is 28.9 Å². The van der Waals surface area contributed by atoms with Crippen LogP contribution in [0.5, 0.6) is 0 Å². The molecule has 7 heteroatoms. The molecular formula is C21H23F2N3O2. The van der Waals surface area contributed by atoms with Gasteiger partial charge < -0.3 is 15.5 Å². The summed E-state index contributed by atoms with van der Waals surface area (Å²) in [6.45, 7) is 4.83. The molecule has 1 saturated heterocycles. The molecule has 0 aromatic heterocycles. The molecule has 0 aliphatic carbocycles. The van der Waals surface area contributed by atoms with Crippen molar-refractivity contribution in [1.82, 2.24) is 0 Å². The second kappa shape index (κ2) is 7.96. The number of nitrogens with one attached hydrogen (secondary N) is 2. The lowest BCUT2D eigenvalue weighted by Gasteiger charge is -2.23. The Bertz CT molecular complexity index is 855. The lowest BCUT2D eigenvalue weighted by Crippen LogP contribution is -2.42. The number of anilines is 3. The highest BCUT2D eigenvalue weighted by Crippen LogP contribution is 2.26. The molecule has 0 saturated carbocycles. The molecular weight excluding hydrogens is 364 g/mol. The van der Waals surface area contributed by atoms with Crippen molar-refractivity contribution in [3.05, 3.63) is 54.1 Å². The zero-order chi connectivity index (χ0) is 20.3. The van der Waals surface area contributed by atoms with Crippen LogP contribution in [0.25, 0.3) is 0 Å². The van der Waals surface area contributed by atoms with Crippen molar-refractivity contribution in [1.29, 1.82) is 0 Å². The second-order valence-corrected chi connectivity index (χ2v) is 7.37. The first-order valence-corrected chi connectivity index (χ1v) is 9.21. The van der Waals surface area contributed by atoms with Crippen LogP contribution in [0.2, 0.25) is 0 Å². The maximum Gasteiger partial charge on any atom is 0.239 e. The summed E-state index contributed by atoms with van der Waals surface area (Å²) >= 11 is 0. The number of hydrogen-bond acceptors (Lipinski definition) is 3. The first-order valence-electron chi connectivity index (χ1n) is 9.21. The SMILES string of the molecule is CC(C)(C(=O)Nc1ccc(N2CCCC2)cc1)C(=O)Nc1c(F)cccc1F. The van der Waals surface area contributed by atoms with E-state index in [0.717, 1.165) is 30.9 Å². The van der Waals surface area contributed by atoms with Gasteiger partial charge in [-0.05, 0) is 63.1 Å². The Balaban J connectivity index is 1.67. The highest BCUT2D eigenvalue weighted by atomic mass is 19.1. The monoisotopic (exact) mass is 387 g/mol. The predicted octanol–water partition coefficient (Wildman–Crippen LogP) is 4.17. The Hall–Kier alpha value is -2.96. The molecule has 5 nitrogen and oxygen atoms in total. The van der Waals surface area contributed by atoms with Gasteiger partial charge in [0.2, 0.25) is 11.8 Å². The standard InChI is InChI=1S/C21H23F2N3O2/c1-21(2,20(28)25-18-16(22)6-5-7-17(18)23)19(27)24-14-8-10-15(11-9-14)26-12-3-4-13-26/h5-11H,3-4,12-13H2,1-2H3,(H,24,27)(H,25,28). The molecule has 2 aromatic rings. The van der Waals surface area contributed by atoms with E-state index in [1.807, 2.05) is 12.1 Å². The maximum atomic E-state index is 13.8. The molecule has 2 N–H and O–H groups in total. The van der Waals surface area contributed by atoms with E-state index in [1.54, 1.807) is 12.1 Å². The van der Waals surface area contributed by atoms with Crippen molar-refractivity contribution in [2.45, 2.75) is 26.7 Å². The van der Waals surface area contributed by atoms with Crippen LogP contribution in [-0.2, 0) is 9.59 Å². The summed E-state index contributed by atoms with van der Waals surface area (Å²) in [4.78, 5) is 27.4. The lowest BCUT2D eigenvalue weighted by atomic mass is 9.90. The Kier molecular flexibility index (Phi) is 5.63. The summed E-state index contributed by atoms with van der Waals surface area (Å²) in [5.74, 6) is -3.18. The smallest absolute Gasteiger partial charge is 0.239 e. The summed E-state index contributed by atoms with van der Waals surface area (Å²) in [6, 6.07) is 10.7. The third-order valence-corrected chi connectivity index (χ3v) is 4.93. The van der Waals surface area contributed by atoms with Gasteiger partial charge in [-0.3, -0.25) is 9.59 Å². The van der Waals surface area contributed by atoms with Crippen LogP contribution in [0.1, 0.15) is 26.7 Å². The fraction of sp³-hybridized carbons (Fsp3) is 0.333. The van der Waals surface area contributed by atoms with Gasteiger partial charge >= 0.3 is 0 Å². The summed E-state index contributed by atoms with van der Waals surface area (Å²) in [7, 11) is 0. The maximum absolute atomic E-state index is 13.8. The Labute approximate surface area is 162 Å². The molecule has 0 atom stereocenters. The molecule has 2 amide bonds. The van der Waals surface area contributed by atoms with Crippen LogP contribution in [0.4, 0.5) is 25.8 Å². The average Bonchev–Trinajstić information content (AvgIpc) is 3.20. The van der Waals surface area contributed by atoms with E-state index in [1.165, 1.54) is 32.8 Å². The van der Waals surface area contributed by atoms with Gasteiger partial charge in [0, 0.05) is 24.5 Å². The van der Waals surface area contributed by atoms with Crippen LogP contribution >= 0.6 is 0 Å². The van der Waals surface area contributed by atoms with Crippen LogP contribution in [0.15, 0.2) is 42.5 Å².